The van der Waals surface area contributed by atoms with E-state index in [2.05, 4.69) is 4.98 Å². The van der Waals surface area contributed by atoms with Crippen molar-refractivity contribution >= 4 is 22.5 Å². The second kappa shape index (κ2) is 4.29. The molecule has 3 heteroatoms. The lowest BCUT2D eigenvalue weighted by atomic mass is 10.2. The second-order valence-corrected chi connectivity index (χ2v) is 3.26. The fourth-order valence-corrected chi connectivity index (χ4v) is 1.35. The molecule has 0 atom stereocenters. The Hall–Kier alpha value is -1.28. The molecule has 0 N–H and O–H groups in total. The zero-order chi connectivity index (χ0) is 9.80. The lowest BCUT2D eigenvalue weighted by Gasteiger charge is -2.03. The molecule has 0 bridgehead atoms. The molecule has 0 saturated heterocycles. The first-order valence-corrected chi connectivity index (χ1v) is 4.98. The van der Waals surface area contributed by atoms with E-state index in [1.807, 2.05) is 36.4 Å². The van der Waals surface area contributed by atoms with Crippen molar-refractivity contribution in [2.24, 2.45) is 0 Å². The minimum atomic E-state index is 0.481. The number of ether oxygens (including phenoxy) is 1. The molecule has 0 aliphatic rings. The maximum absolute atomic E-state index is 5.52. The standard InChI is InChI=1S/C11H10ClNO/c12-7-8-14-11-6-5-9-3-1-2-4-10(9)13-11/h1-6H,7-8H2. The summed E-state index contributed by atoms with van der Waals surface area (Å²) in [6.45, 7) is 0.493. The maximum atomic E-state index is 5.52. The number of aromatic nitrogens is 1. The van der Waals surface area contributed by atoms with Gasteiger partial charge in [-0.1, -0.05) is 18.2 Å². The molecule has 14 heavy (non-hydrogen) atoms. The molecule has 0 aliphatic carbocycles. The van der Waals surface area contributed by atoms with Gasteiger partial charge in [0, 0.05) is 11.5 Å². The van der Waals surface area contributed by atoms with Gasteiger partial charge in [-0.2, -0.15) is 0 Å². The summed E-state index contributed by atoms with van der Waals surface area (Å²) < 4.78 is 5.32. The van der Waals surface area contributed by atoms with Crippen LogP contribution in [0.1, 0.15) is 0 Å². The van der Waals surface area contributed by atoms with E-state index < -0.39 is 0 Å². The van der Waals surface area contributed by atoms with E-state index in [4.69, 9.17) is 16.3 Å². The normalized spacial score (nSPS) is 10.4. The van der Waals surface area contributed by atoms with Crippen LogP contribution in [0.4, 0.5) is 0 Å². The number of rotatable bonds is 3. The zero-order valence-electron chi connectivity index (χ0n) is 7.61. The minimum absolute atomic E-state index is 0.481. The Kier molecular flexibility index (Phi) is 2.84. The van der Waals surface area contributed by atoms with Crippen LogP contribution < -0.4 is 4.74 Å². The van der Waals surface area contributed by atoms with E-state index in [1.54, 1.807) is 0 Å². The number of halogens is 1. The first kappa shape index (κ1) is 9.28. The van der Waals surface area contributed by atoms with Crippen LogP contribution in [-0.2, 0) is 0 Å². The van der Waals surface area contributed by atoms with Gasteiger partial charge in [-0.25, -0.2) is 4.98 Å². The summed E-state index contributed by atoms with van der Waals surface area (Å²) >= 11 is 5.52. The third-order valence-corrected chi connectivity index (χ3v) is 2.05. The van der Waals surface area contributed by atoms with E-state index in [0.29, 0.717) is 18.4 Å². The summed E-state index contributed by atoms with van der Waals surface area (Å²) in [5.74, 6) is 1.11. The molecule has 1 heterocycles. The van der Waals surface area contributed by atoms with E-state index in [-0.39, 0.29) is 0 Å². The van der Waals surface area contributed by atoms with Crippen LogP contribution in [0, 0.1) is 0 Å². The van der Waals surface area contributed by atoms with Gasteiger partial charge >= 0.3 is 0 Å². The third-order valence-electron chi connectivity index (χ3n) is 1.90. The van der Waals surface area contributed by atoms with Crippen LogP contribution in [0.5, 0.6) is 5.88 Å². The summed E-state index contributed by atoms with van der Waals surface area (Å²) in [7, 11) is 0. The quantitative estimate of drug-likeness (QED) is 0.723. The predicted octanol–water partition coefficient (Wildman–Crippen LogP) is 2.85. The van der Waals surface area contributed by atoms with Gasteiger partial charge in [-0.15, -0.1) is 11.6 Å². The first-order valence-electron chi connectivity index (χ1n) is 4.45. The third kappa shape index (κ3) is 1.96. The Balaban J connectivity index is 2.32. The molecular weight excluding hydrogens is 198 g/mol. The van der Waals surface area contributed by atoms with Crippen molar-refractivity contribution in [3.05, 3.63) is 36.4 Å². The highest BCUT2D eigenvalue weighted by Crippen LogP contribution is 2.15. The molecule has 0 unspecified atom stereocenters. The highest BCUT2D eigenvalue weighted by atomic mass is 35.5. The van der Waals surface area contributed by atoms with Crippen molar-refractivity contribution in [2.45, 2.75) is 0 Å². The molecule has 0 spiro atoms. The molecule has 2 aromatic rings. The minimum Gasteiger partial charge on any atom is -0.476 e. The summed E-state index contributed by atoms with van der Waals surface area (Å²) in [5.41, 5.74) is 0.944. The fraction of sp³-hybridized carbons (Fsp3) is 0.182. The number of fused-ring (bicyclic) bond motifs is 1. The SMILES string of the molecule is ClCCOc1ccc2ccccc2n1. The molecule has 0 saturated carbocycles. The molecule has 0 fully saturated rings. The number of hydrogen-bond donors (Lipinski definition) is 0. The van der Waals surface area contributed by atoms with Crippen molar-refractivity contribution in [1.29, 1.82) is 0 Å². The number of nitrogens with zero attached hydrogens (tertiary/aromatic N) is 1. The van der Waals surface area contributed by atoms with Crippen LogP contribution in [0.25, 0.3) is 10.9 Å². The average Bonchev–Trinajstić information content (AvgIpc) is 2.26. The number of benzene rings is 1. The van der Waals surface area contributed by atoms with Crippen molar-refractivity contribution < 1.29 is 4.74 Å². The Morgan fingerprint density at radius 2 is 2.00 bits per heavy atom. The van der Waals surface area contributed by atoms with Gasteiger partial charge in [0.25, 0.3) is 0 Å². The largest absolute Gasteiger partial charge is 0.476 e. The molecule has 72 valence electrons. The molecule has 0 radical (unpaired) electrons. The van der Waals surface area contributed by atoms with E-state index in [1.165, 1.54) is 0 Å². The van der Waals surface area contributed by atoms with Crippen LogP contribution in [0.15, 0.2) is 36.4 Å². The van der Waals surface area contributed by atoms with Crippen LogP contribution >= 0.6 is 11.6 Å². The van der Waals surface area contributed by atoms with Gasteiger partial charge in [0.2, 0.25) is 5.88 Å². The lowest BCUT2D eigenvalue weighted by molar-refractivity contribution is 0.330. The Morgan fingerprint density at radius 3 is 2.86 bits per heavy atom. The Labute approximate surface area is 87.5 Å². The van der Waals surface area contributed by atoms with Crippen molar-refractivity contribution in [2.75, 3.05) is 12.5 Å². The maximum Gasteiger partial charge on any atom is 0.213 e. The number of alkyl halides is 1. The van der Waals surface area contributed by atoms with Crippen molar-refractivity contribution in [3.63, 3.8) is 0 Å². The number of pyridine rings is 1. The van der Waals surface area contributed by atoms with Gasteiger partial charge in [-0.05, 0) is 12.1 Å². The van der Waals surface area contributed by atoms with Gasteiger partial charge in [-0.3, -0.25) is 0 Å². The van der Waals surface area contributed by atoms with Crippen LogP contribution in [0.3, 0.4) is 0 Å². The highest BCUT2D eigenvalue weighted by molar-refractivity contribution is 6.18. The first-order chi connectivity index (χ1) is 6.90. The van der Waals surface area contributed by atoms with E-state index in [0.717, 1.165) is 10.9 Å². The van der Waals surface area contributed by atoms with E-state index in [9.17, 15) is 0 Å². The fourth-order valence-electron chi connectivity index (χ4n) is 1.27. The topological polar surface area (TPSA) is 22.1 Å². The van der Waals surface area contributed by atoms with E-state index >= 15 is 0 Å². The zero-order valence-corrected chi connectivity index (χ0v) is 8.37. The molecule has 1 aromatic carbocycles. The molecule has 0 aliphatic heterocycles. The average molecular weight is 208 g/mol. The summed E-state index contributed by atoms with van der Waals surface area (Å²) in [6, 6.07) is 11.8. The summed E-state index contributed by atoms with van der Waals surface area (Å²) in [6.07, 6.45) is 0. The van der Waals surface area contributed by atoms with Gasteiger partial charge in [0.15, 0.2) is 0 Å². The van der Waals surface area contributed by atoms with Crippen LogP contribution in [0.2, 0.25) is 0 Å². The molecule has 2 rings (SSSR count). The molecular formula is C11H10ClNO. The molecule has 2 nitrogen and oxygen atoms in total. The highest BCUT2D eigenvalue weighted by Gasteiger charge is 1.97. The summed E-state index contributed by atoms with van der Waals surface area (Å²) in [4.78, 5) is 4.33. The number of hydrogen-bond acceptors (Lipinski definition) is 2. The molecule has 0 amide bonds. The predicted molar refractivity (Wildman–Crippen MR) is 58.0 cm³/mol. The lowest BCUT2D eigenvalue weighted by Crippen LogP contribution is -1.99. The monoisotopic (exact) mass is 207 g/mol. The second-order valence-electron chi connectivity index (χ2n) is 2.88. The Morgan fingerprint density at radius 1 is 1.14 bits per heavy atom. The van der Waals surface area contributed by atoms with Crippen molar-refractivity contribution in [1.82, 2.24) is 4.98 Å². The van der Waals surface area contributed by atoms with Crippen LogP contribution in [-0.4, -0.2) is 17.5 Å². The van der Waals surface area contributed by atoms with Crippen molar-refractivity contribution in [3.8, 4) is 5.88 Å². The van der Waals surface area contributed by atoms with Gasteiger partial charge in [0.05, 0.1) is 11.4 Å². The van der Waals surface area contributed by atoms with Gasteiger partial charge in [0.1, 0.15) is 6.61 Å². The Bertz CT molecular complexity index is 430. The molecule has 1 aromatic heterocycles. The summed E-state index contributed by atoms with van der Waals surface area (Å²) in [5, 5.41) is 1.12. The smallest absolute Gasteiger partial charge is 0.213 e. The van der Waals surface area contributed by atoms with Gasteiger partial charge < -0.3 is 4.74 Å². The number of para-hydroxylation sites is 1.